The molecule has 0 radical (unpaired) electrons. The Hall–Kier alpha value is -0.760. The van der Waals surface area contributed by atoms with Crippen LogP contribution < -0.4 is 5.73 Å². The maximum absolute atomic E-state index is 5.69. The van der Waals surface area contributed by atoms with Gasteiger partial charge in [0, 0.05) is 6.42 Å². The van der Waals surface area contributed by atoms with Gasteiger partial charge in [0.15, 0.2) is 0 Å². The van der Waals surface area contributed by atoms with Crippen LogP contribution in [0, 0.1) is 6.92 Å². The lowest BCUT2D eigenvalue weighted by Gasteiger charge is -2.19. The summed E-state index contributed by atoms with van der Waals surface area (Å²) >= 11 is 0. The lowest BCUT2D eigenvalue weighted by Crippen LogP contribution is -2.16. The molecule has 2 heteroatoms. The Kier molecular flexibility index (Phi) is 1.93. The molecule has 1 aromatic heterocycles. The van der Waals surface area contributed by atoms with Crippen LogP contribution in [-0.2, 0) is 6.42 Å². The Balaban J connectivity index is 2.36. The first-order valence-corrected chi connectivity index (χ1v) is 4.60. The second-order valence-electron chi connectivity index (χ2n) is 3.56. The van der Waals surface area contributed by atoms with Crippen molar-refractivity contribution in [1.29, 1.82) is 0 Å². The summed E-state index contributed by atoms with van der Waals surface area (Å²) < 4.78 is 5.58. The van der Waals surface area contributed by atoms with Crippen LogP contribution in [0.2, 0.25) is 0 Å². The number of furan rings is 1. The van der Waals surface area contributed by atoms with Gasteiger partial charge in [0.05, 0.1) is 0 Å². The van der Waals surface area contributed by atoms with Crippen molar-refractivity contribution in [3.05, 3.63) is 23.2 Å². The van der Waals surface area contributed by atoms with Gasteiger partial charge in [0.1, 0.15) is 11.5 Å². The van der Waals surface area contributed by atoms with E-state index < -0.39 is 0 Å². The zero-order valence-electron chi connectivity index (χ0n) is 7.47. The van der Waals surface area contributed by atoms with Gasteiger partial charge in [-0.3, -0.25) is 0 Å². The van der Waals surface area contributed by atoms with E-state index in [9.17, 15) is 0 Å². The molecular weight excluding hydrogens is 150 g/mol. The van der Waals surface area contributed by atoms with Crippen LogP contribution in [0.3, 0.4) is 0 Å². The SMILES string of the molecule is Cc1cc2c(o1)CCCC2CN. The van der Waals surface area contributed by atoms with Crippen LogP contribution in [-0.4, -0.2) is 6.54 Å². The minimum atomic E-state index is 0.547. The van der Waals surface area contributed by atoms with Crippen molar-refractivity contribution in [2.45, 2.75) is 32.1 Å². The summed E-state index contributed by atoms with van der Waals surface area (Å²) in [4.78, 5) is 0. The fraction of sp³-hybridized carbons (Fsp3) is 0.600. The Bertz CT molecular complexity index is 277. The third-order valence-electron chi connectivity index (χ3n) is 2.65. The topological polar surface area (TPSA) is 39.2 Å². The summed E-state index contributed by atoms with van der Waals surface area (Å²) in [5.74, 6) is 2.75. The van der Waals surface area contributed by atoms with E-state index in [1.165, 1.54) is 24.2 Å². The number of hydrogen-bond acceptors (Lipinski definition) is 2. The molecule has 0 bridgehead atoms. The standard InChI is InChI=1S/C10H15NO/c1-7-5-9-8(6-11)3-2-4-10(9)12-7/h5,8H,2-4,6,11H2,1H3. The maximum Gasteiger partial charge on any atom is 0.107 e. The molecule has 0 saturated carbocycles. The lowest BCUT2D eigenvalue weighted by atomic mass is 9.87. The van der Waals surface area contributed by atoms with Crippen LogP contribution in [0.15, 0.2) is 10.5 Å². The van der Waals surface area contributed by atoms with E-state index in [2.05, 4.69) is 6.07 Å². The van der Waals surface area contributed by atoms with Gasteiger partial charge in [-0.2, -0.15) is 0 Å². The second-order valence-corrected chi connectivity index (χ2v) is 3.56. The van der Waals surface area contributed by atoms with E-state index in [4.69, 9.17) is 10.2 Å². The maximum atomic E-state index is 5.69. The van der Waals surface area contributed by atoms with E-state index in [1.54, 1.807) is 0 Å². The minimum Gasteiger partial charge on any atom is -0.466 e. The molecule has 0 aromatic carbocycles. The predicted octanol–water partition coefficient (Wildman–Crippen LogP) is 1.97. The van der Waals surface area contributed by atoms with Crippen molar-refractivity contribution in [3.63, 3.8) is 0 Å². The van der Waals surface area contributed by atoms with Gasteiger partial charge in [-0.15, -0.1) is 0 Å². The molecule has 0 aliphatic heterocycles. The number of aryl methyl sites for hydroxylation is 2. The van der Waals surface area contributed by atoms with Crippen LogP contribution in [0.1, 0.15) is 35.8 Å². The van der Waals surface area contributed by atoms with Crippen LogP contribution >= 0.6 is 0 Å². The van der Waals surface area contributed by atoms with Crippen LogP contribution in [0.25, 0.3) is 0 Å². The fourth-order valence-corrected chi connectivity index (χ4v) is 2.03. The molecule has 1 aromatic rings. The molecule has 1 aliphatic rings. The van der Waals surface area contributed by atoms with Crippen LogP contribution in [0.5, 0.6) is 0 Å². The molecule has 1 aliphatic carbocycles. The first kappa shape index (κ1) is 7.87. The van der Waals surface area contributed by atoms with E-state index >= 15 is 0 Å². The molecule has 2 rings (SSSR count). The van der Waals surface area contributed by atoms with Gasteiger partial charge < -0.3 is 10.2 Å². The van der Waals surface area contributed by atoms with Crippen LogP contribution in [0.4, 0.5) is 0 Å². The smallest absolute Gasteiger partial charge is 0.107 e. The molecule has 0 spiro atoms. The van der Waals surface area contributed by atoms with Crippen molar-refractivity contribution in [3.8, 4) is 0 Å². The monoisotopic (exact) mass is 165 g/mol. The van der Waals surface area contributed by atoms with Crippen molar-refractivity contribution in [2.75, 3.05) is 6.54 Å². The first-order valence-electron chi connectivity index (χ1n) is 4.60. The third-order valence-corrected chi connectivity index (χ3v) is 2.65. The van der Waals surface area contributed by atoms with Crippen molar-refractivity contribution < 1.29 is 4.42 Å². The highest BCUT2D eigenvalue weighted by Gasteiger charge is 2.22. The van der Waals surface area contributed by atoms with Gasteiger partial charge in [-0.05, 0) is 43.9 Å². The lowest BCUT2D eigenvalue weighted by molar-refractivity contribution is 0.437. The van der Waals surface area contributed by atoms with E-state index in [0.29, 0.717) is 5.92 Å². The van der Waals surface area contributed by atoms with Gasteiger partial charge >= 0.3 is 0 Å². The summed E-state index contributed by atoms with van der Waals surface area (Å²) in [7, 11) is 0. The Labute approximate surface area is 72.7 Å². The van der Waals surface area contributed by atoms with E-state index in [0.717, 1.165) is 18.7 Å². The zero-order valence-corrected chi connectivity index (χ0v) is 7.47. The van der Waals surface area contributed by atoms with Crippen molar-refractivity contribution in [2.24, 2.45) is 5.73 Å². The quantitative estimate of drug-likeness (QED) is 0.691. The summed E-state index contributed by atoms with van der Waals surface area (Å²) in [6, 6.07) is 2.14. The van der Waals surface area contributed by atoms with Gasteiger partial charge in [-0.25, -0.2) is 0 Å². The molecule has 1 atom stereocenters. The predicted molar refractivity (Wildman–Crippen MR) is 48.2 cm³/mol. The van der Waals surface area contributed by atoms with Gasteiger partial charge in [-0.1, -0.05) is 0 Å². The Morgan fingerprint density at radius 2 is 2.50 bits per heavy atom. The molecule has 0 saturated heterocycles. The van der Waals surface area contributed by atoms with Gasteiger partial charge in [0.2, 0.25) is 0 Å². The van der Waals surface area contributed by atoms with Gasteiger partial charge in [0.25, 0.3) is 0 Å². The molecule has 0 amide bonds. The highest BCUT2D eigenvalue weighted by molar-refractivity contribution is 5.28. The summed E-state index contributed by atoms with van der Waals surface area (Å²) in [6.45, 7) is 2.76. The molecule has 1 heterocycles. The van der Waals surface area contributed by atoms with Crippen molar-refractivity contribution in [1.82, 2.24) is 0 Å². The molecular formula is C10H15NO. The molecule has 12 heavy (non-hydrogen) atoms. The third kappa shape index (κ3) is 1.16. The van der Waals surface area contributed by atoms with Crippen molar-refractivity contribution >= 4 is 0 Å². The summed E-state index contributed by atoms with van der Waals surface area (Å²) in [5, 5.41) is 0. The largest absolute Gasteiger partial charge is 0.466 e. The second kappa shape index (κ2) is 2.94. The molecule has 2 N–H and O–H groups in total. The molecule has 0 fully saturated rings. The number of hydrogen-bond donors (Lipinski definition) is 1. The fourth-order valence-electron chi connectivity index (χ4n) is 2.03. The summed E-state index contributed by atoms with van der Waals surface area (Å²) in [6.07, 6.45) is 3.55. The summed E-state index contributed by atoms with van der Waals surface area (Å²) in [5.41, 5.74) is 7.05. The molecule has 1 unspecified atom stereocenters. The first-order chi connectivity index (χ1) is 5.81. The number of nitrogens with two attached hydrogens (primary N) is 1. The highest BCUT2D eigenvalue weighted by Crippen LogP contribution is 2.32. The Morgan fingerprint density at radius 1 is 1.67 bits per heavy atom. The van der Waals surface area contributed by atoms with E-state index in [-0.39, 0.29) is 0 Å². The minimum absolute atomic E-state index is 0.547. The molecule has 2 nitrogen and oxygen atoms in total. The number of rotatable bonds is 1. The average Bonchev–Trinajstić information content (AvgIpc) is 2.44. The highest BCUT2D eigenvalue weighted by atomic mass is 16.3. The number of fused-ring (bicyclic) bond motifs is 1. The average molecular weight is 165 g/mol. The molecule has 66 valence electrons. The Morgan fingerprint density at radius 3 is 3.25 bits per heavy atom. The van der Waals surface area contributed by atoms with E-state index in [1.807, 2.05) is 6.92 Å². The zero-order chi connectivity index (χ0) is 8.55. The normalized spacial score (nSPS) is 22.3.